The van der Waals surface area contributed by atoms with Gasteiger partial charge in [0.1, 0.15) is 0 Å². The normalized spacial score (nSPS) is 11.0. The number of nitrogens with two attached hydrogens (primary N) is 1. The maximum Gasteiger partial charge on any atom is 0.271 e. The topological polar surface area (TPSA) is 96.6 Å². The molecule has 0 spiro atoms. The zero-order valence-electron chi connectivity index (χ0n) is 16.3. The highest BCUT2D eigenvalue weighted by atomic mass is 16.2. The number of benzene rings is 3. The molecule has 0 aromatic heterocycles. The molecule has 3 aromatic carbocycles. The predicted molar refractivity (Wildman–Crippen MR) is 116 cm³/mol. The number of carbonyl (C=O) groups excluding carboxylic acids is 2. The van der Waals surface area contributed by atoms with Gasteiger partial charge in [0, 0.05) is 22.5 Å². The highest BCUT2D eigenvalue weighted by Gasteiger charge is 2.08. The lowest BCUT2D eigenvalue weighted by molar-refractivity contribution is 0.0954. The van der Waals surface area contributed by atoms with Gasteiger partial charge in [-0.25, -0.2) is 5.43 Å². The van der Waals surface area contributed by atoms with E-state index in [4.69, 9.17) is 5.73 Å². The summed E-state index contributed by atoms with van der Waals surface area (Å²) in [5, 5.41) is 6.94. The summed E-state index contributed by atoms with van der Waals surface area (Å²) in [6.07, 6.45) is 0. The van der Waals surface area contributed by atoms with E-state index in [0.717, 1.165) is 11.1 Å². The first-order valence-corrected chi connectivity index (χ1v) is 9.11. The van der Waals surface area contributed by atoms with Crippen LogP contribution in [0.1, 0.15) is 38.8 Å². The second kappa shape index (κ2) is 8.84. The number of nitrogens with one attached hydrogen (secondary N) is 2. The molecule has 0 aliphatic rings. The van der Waals surface area contributed by atoms with Gasteiger partial charge in [0.15, 0.2) is 0 Å². The Labute approximate surface area is 169 Å². The monoisotopic (exact) mass is 386 g/mol. The van der Waals surface area contributed by atoms with Gasteiger partial charge in [-0.3, -0.25) is 9.59 Å². The van der Waals surface area contributed by atoms with E-state index in [0.29, 0.717) is 28.2 Å². The fourth-order valence-corrected chi connectivity index (χ4v) is 2.72. The average Bonchev–Trinajstić information content (AvgIpc) is 2.72. The van der Waals surface area contributed by atoms with Crippen molar-refractivity contribution in [2.24, 2.45) is 5.10 Å². The highest BCUT2D eigenvalue weighted by Crippen LogP contribution is 2.13. The Morgan fingerprint density at radius 3 is 2.21 bits per heavy atom. The molecule has 6 nitrogen and oxygen atoms in total. The molecule has 0 atom stereocenters. The number of hydrogen-bond acceptors (Lipinski definition) is 4. The second-order valence-electron chi connectivity index (χ2n) is 6.66. The van der Waals surface area contributed by atoms with Gasteiger partial charge >= 0.3 is 0 Å². The minimum Gasteiger partial charge on any atom is -0.399 e. The predicted octanol–water partition coefficient (Wildman–Crippen LogP) is 3.98. The maximum atomic E-state index is 12.3. The van der Waals surface area contributed by atoms with E-state index in [1.165, 1.54) is 0 Å². The van der Waals surface area contributed by atoms with E-state index in [1.54, 1.807) is 49.4 Å². The van der Waals surface area contributed by atoms with Gasteiger partial charge in [-0.1, -0.05) is 29.8 Å². The fraction of sp³-hybridized carbons (Fsp3) is 0.0870. The summed E-state index contributed by atoms with van der Waals surface area (Å²) >= 11 is 0. The molecule has 2 amide bonds. The molecule has 0 saturated heterocycles. The lowest BCUT2D eigenvalue weighted by Crippen LogP contribution is -2.19. The molecule has 146 valence electrons. The Kier molecular flexibility index (Phi) is 6.04. The van der Waals surface area contributed by atoms with Crippen LogP contribution in [0.15, 0.2) is 77.9 Å². The van der Waals surface area contributed by atoms with Crippen molar-refractivity contribution in [1.29, 1.82) is 0 Å². The van der Waals surface area contributed by atoms with Gasteiger partial charge in [-0.15, -0.1) is 0 Å². The Bertz CT molecular complexity index is 1070. The van der Waals surface area contributed by atoms with Crippen LogP contribution >= 0.6 is 0 Å². The summed E-state index contributed by atoms with van der Waals surface area (Å²) in [6, 6.07) is 21.2. The van der Waals surface area contributed by atoms with Crippen LogP contribution in [-0.2, 0) is 0 Å². The fourth-order valence-electron chi connectivity index (χ4n) is 2.72. The lowest BCUT2D eigenvalue weighted by Gasteiger charge is -2.07. The summed E-state index contributed by atoms with van der Waals surface area (Å²) in [7, 11) is 0. The second-order valence-corrected chi connectivity index (χ2v) is 6.66. The molecule has 0 aliphatic heterocycles. The first-order chi connectivity index (χ1) is 13.9. The standard InChI is InChI=1S/C23H22N4O2/c1-15-5-3-7-19(13-15)22(28)25-21-11-9-17(10-12-21)23(29)27-26-16(2)18-6-4-8-20(24)14-18/h3-14H,24H2,1-2H3,(H,25,28)(H,27,29)/b26-16+. The summed E-state index contributed by atoms with van der Waals surface area (Å²) < 4.78 is 0. The number of carbonyl (C=O) groups is 2. The SMILES string of the molecule is C/C(=N\NC(=O)c1ccc(NC(=O)c2cccc(C)c2)cc1)c1cccc(N)c1. The van der Waals surface area contributed by atoms with Crippen molar-refractivity contribution in [2.45, 2.75) is 13.8 Å². The van der Waals surface area contributed by atoms with Crippen molar-refractivity contribution in [3.8, 4) is 0 Å². The molecule has 0 heterocycles. The molecule has 3 aromatic rings. The molecule has 0 radical (unpaired) electrons. The number of aryl methyl sites for hydroxylation is 1. The third-order valence-corrected chi connectivity index (χ3v) is 4.31. The largest absolute Gasteiger partial charge is 0.399 e. The van der Waals surface area contributed by atoms with Gasteiger partial charge in [0.25, 0.3) is 11.8 Å². The molecular weight excluding hydrogens is 364 g/mol. The quantitative estimate of drug-likeness (QED) is 0.351. The number of anilines is 2. The summed E-state index contributed by atoms with van der Waals surface area (Å²) in [4.78, 5) is 24.6. The van der Waals surface area contributed by atoms with E-state index in [9.17, 15) is 9.59 Å². The minimum absolute atomic E-state index is 0.201. The number of hydrazone groups is 1. The van der Waals surface area contributed by atoms with E-state index in [-0.39, 0.29) is 11.8 Å². The van der Waals surface area contributed by atoms with Crippen LogP contribution in [0.4, 0.5) is 11.4 Å². The van der Waals surface area contributed by atoms with E-state index >= 15 is 0 Å². The van der Waals surface area contributed by atoms with E-state index < -0.39 is 0 Å². The molecule has 6 heteroatoms. The number of nitrogens with zero attached hydrogens (tertiary/aromatic N) is 1. The van der Waals surface area contributed by atoms with Crippen LogP contribution in [0, 0.1) is 6.92 Å². The zero-order valence-corrected chi connectivity index (χ0v) is 16.3. The van der Waals surface area contributed by atoms with Gasteiger partial charge in [-0.2, -0.15) is 5.10 Å². The van der Waals surface area contributed by atoms with E-state index in [2.05, 4.69) is 15.8 Å². The third kappa shape index (κ3) is 5.29. The number of nitrogen functional groups attached to an aromatic ring is 1. The zero-order chi connectivity index (χ0) is 20.8. The first kappa shape index (κ1) is 19.8. The molecule has 0 saturated carbocycles. The molecule has 0 bridgehead atoms. The molecule has 29 heavy (non-hydrogen) atoms. The van der Waals surface area contributed by atoms with Crippen molar-refractivity contribution in [2.75, 3.05) is 11.1 Å². The molecule has 0 fully saturated rings. The Balaban J connectivity index is 1.62. The van der Waals surface area contributed by atoms with Gasteiger partial charge in [0.05, 0.1) is 5.71 Å². The molecule has 4 N–H and O–H groups in total. The smallest absolute Gasteiger partial charge is 0.271 e. The number of hydrogen-bond donors (Lipinski definition) is 3. The Morgan fingerprint density at radius 2 is 1.52 bits per heavy atom. The molecule has 0 unspecified atom stereocenters. The highest BCUT2D eigenvalue weighted by molar-refractivity contribution is 6.05. The molecule has 3 rings (SSSR count). The van der Waals surface area contributed by atoms with Crippen LogP contribution in [0.2, 0.25) is 0 Å². The summed E-state index contributed by atoms with van der Waals surface area (Å²) in [5.41, 5.74) is 13.0. The Morgan fingerprint density at radius 1 is 0.828 bits per heavy atom. The van der Waals surface area contributed by atoms with Gasteiger partial charge in [0.2, 0.25) is 0 Å². The first-order valence-electron chi connectivity index (χ1n) is 9.11. The lowest BCUT2D eigenvalue weighted by atomic mass is 10.1. The van der Waals surface area contributed by atoms with E-state index in [1.807, 2.05) is 37.3 Å². The maximum absolute atomic E-state index is 12.3. The number of rotatable bonds is 5. The van der Waals surface area contributed by atoms with Crippen molar-refractivity contribution in [1.82, 2.24) is 5.43 Å². The summed E-state index contributed by atoms with van der Waals surface area (Å²) in [5.74, 6) is -0.543. The van der Waals surface area contributed by atoms with Crippen LogP contribution in [-0.4, -0.2) is 17.5 Å². The third-order valence-electron chi connectivity index (χ3n) is 4.31. The van der Waals surface area contributed by atoms with Crippen molar-refractivity contribution in [3.63, 3.8) is 0 Å². The van der Waals surface area contributed by atoms with Crippen LogP contribution in [0.25, 0.3) is 0 Å². The summed E-state index contributed by atoms with van der Waals surface area (Å²) in [6.45, 7) is 3.72. The molecular formula is C23H22N4O2. The van der Waals surface area contributed by atoms with Crippen molar-refractivity contribution < 1.29 is 9.59 Å². The van der Waals surface area contributed by atoms with Crippen LogP contribution in [0.3, 0.4) is 0 Å². The molecule has 0 aliphatic carbocycles. The van der Waals surface area contributed by atoms with Gasteiger partial charge < -0.3 is 11.1 Å². The van der Waals surface area contributed by atoms with Crippen LogP contribution < -0.4 is 16.5 Å². The Hall–Kier alpha value is -3.93. The number of amides is 2. The van der Waals surface area contributed by atoms with Crippen LogP contribution in [0.5, 0.6) is 0 Å². The van der Waals surface area contributed by atoms with Gasteiger partial charge in [-0.05, 0) is 67.9 Å². The van der Waals surface area contributed by atoms with Crippen molar-refractivity contribution >= 4 is 28.9 Å². The minimum atomic E-state index is -0.343. The van der Waals surface area contributed by atoms with Crippen molar-refractivity contribution in [3.05, 3.63) is 95.1 Å². The average molecular weight is 386 g/mol.